The van der Waals surface area contributed by atoms with Crippen LogP contribution in [-0.4, -0.2) is 53.4 Å². The van der Waals surface area contributed by atoms with E-state index in [-0.39, 0.29) is 18.9 Å². The van der Waals surface area contributed by atoms with E-state index < -0.39 is 24.1 Å². The van der Waals surface area contributed by atoms with Gasteiger partial charge in [-0.05, 0) is 13.8 Å². The number of amides is 3. The second-order valence-electron chi connectivity index (χ2n) is 3.89. The van der Waals surface area contributed by atoms with E-state index in [1.165, 1.54) is 0 Å². The van der Waals surface area contributed by atoms with Crippen LogP contribution < -0.4 is 16.0 Å². The second kappa shape index (κ2) is 7.49. The van der Waals surface area contributed by atoms with Crippen molar-refractivity contribution >= 4 is 17.9 Å². The molecule has 0 radical (unpaired) electrons. The Morgan fingerprint density at radius 3 is 2.28 bits per heavy atom. The molecular weight excluding hydrogens is 242 g/mol. The van der Waals surface area contributed by atoms with Gasteiger partial charge in [0.25, 0.3) is 0 Å². The van der Waals surface area contributed by atoms with Gasteiger partial charge in [0.15, 0.2) is 5.60 Å². The van der Waals surface area contributed by atoms with Crippen molar-refractivity contribution < 1.29 is 24.6 Å². The number of aliphatic carboxylic acids is 1. The Bertz CT molecular complexity index is 317. The van der Waals surface area contributed by atoms with E-state index in [9.17, 15) is 19.5 Å². The average molecular weight is 261 g/mol. The first-order chi connectivity index (χ1) is 8.29. The fourth-order valence-electron chi connectivity index (χ4n) is 0.966. The average Bonchev–Trinajstić information content (AvgIpc) is 2.26. The molecule has 1 atom stereocenters. The highest BCUT2D eigenvalue weighted by atomic mass is 16.4. The van der Waals surface area contributed by atoms with Crippen LogP contribution in [0, 0.1) is 0 Å². The first kappa shape index (κ1) is 16.2. The summed E-state index contributed by atoms with van der Waals surface area (Å²) in [5, 5.41) is 25.0. The normalized spacial score (nSPS) is 13.3. The van der Waals surface area contributed by atoms with Crippen molar-refractivity contribution in [2.24, 2.45) is 0 Å². The number of carboxylic acid groups (broad SMARTS) is 1. The summed E-state index contributed by atoms with van der Waals surface area (Å²) in [7, 11) is 0. The van der Waals surface area contributed by atoms with E-state index in [1.807, 2.05) is 0 Å². The molecule has 0 saturated carbocycles. The molecule has 0 aromatic heterocycles. The molecule has 0 fully saturated rings. The van der Waals surface area contributed by atoms with Gasteiger partial charge < -0.3 is 26.2 Å². The van der Waals surface area contributed by atoms with Crippen LogP contribution in [0.5, 0.6) is 0 Å². The predicted molar refractivity (Wildman–Crippen MR) is 63.0 cm³/mol. The third kappa shape index (κ3) is 6.69. The Balaban J connectivity index is 3.79. The number of aliphatic hydroxyl groups is 1. The van der Waals surface area contributed by atoms with Gasteiger partial charge in [-0.1, -0.05) is 0 Å². The lowest BCUT2D eigenvalue weighted by Gasteiger charge is -2.18. The Morgan fingerprint density at radius 1 is 1.17 bits per heavy atom. The van der Waals surface area contributed by atoms with Crippen LogP contribution >= 0.6 is 0 Å². The number of carbonyl (C=O) groups excluding carboxylic acids is 2. The molecule has 3 amide bonds. The SMILES string of the molecule is CCNC(=O)CCNC(=O)NCC(C)(O)C(=O)O. The van der Waals surface area contributed by atoms with Crippen LogP contribution in [0.1, 0.15) is 20.3 Å². The molecule has 1 unspecified atom stereocenters. The lowest BCUT2D eigenvalue weighted by molar-refractivity contribution is -0.155. The van der Waals surface area contributed by atoms with Gasteiger partial charge in [-0.15, -0.1) is 0 Å². The molecule has 0 rings (SSSR count). The summed E-state index contributed by atoms with van der Waals surface area (Å²) in [4.78, 5) is 32.8. The van der Waals surface area contributed by atoms with Crippen molar-refractivity contribution in [3.05, 3.63) is 0 Å². The molecule has 0 heterocycles. The van der Waals surface area contributed by atoms with Gasteiger partial charge in [-0.2, -0.15) is 0 Å². The first-order valence-electron chi connectivity index (χ1n) is 5.53. The summed E-state index contributed by atoms with van der Waals surface area (Å²) in [6.07, 6.45) is 0.135. The van der Waals surface area contributed by atoms with Gasteiger partial charge in [0.05, 0.1) is 6.54 Å². The number of carbonyl (C=O) groups is 3. The highest BCUT2D eigenvalue weighted by molar-refractivity contribution is 5.80. The number of hydrogen-bond donors (Lipinski definition) is 5. The topological polar surface area (TPSA) is 128 Å². The van der Waals surface area contributed by atoms with E-state index in [1.54, 1.807) is 6.92 Å². The minimum absolute atomic E-state index is 0.132. The van der Waals surface area contributed by atoms with Gasteiger partial charge in [-0.3, -0.25) is 4.79 Å². The fraction of sp³-hybridized carbons (Fsp3) is 0.700. The smallest absolute Gasteiger partial charge is 0.337 e. The summed E-state index contributed by atoms with van der Waals surface area (Å²) >= 11 is 0. The van der Waals surface area contributed by atoms with Crippen LogP contribution in [0.2, 0.25) is 0 Å². The third-order valence-corrected chi connectivity index (χ3v) is 2.07. The van der Waals surface area contributed by atoms with E-state index in [0.717, 1.165) is 6.92 Å². The summed E-state index contributed by atoms with van der Waals surface area (Å²) in [5.41, 5.74) is -2.02. The fourth-order valence-corrected chi connectivity index (χ4v) is 0.966. The molecule has 0 bridgehead atoms. The molecule has 5 N–H and O–H groups in total. The molecular formula is C10H19N3O5. The van der Waals surface area contributed by atoms with Crippen molar-refractivity contribution in [3.63, 3.8) is 0 Å². The van der Waals surface area contributed by atoms with Crippen molar-refractivity contribution in [3.8, 4) is 0 Å². The van der Waals surface area contributed by atoms with Crippen molar-refractivity contribution in [2.45, 2.75) is 25.9 Å². The van der Waals surface area contributed by atoms with Gasteiger partial charge in [-0.25, -0.2) is 9.59 Å². The van der Waals surface area contributed by atoms with Crippen LogP contribution in [0.4, 0.5) is 4.79 Å². The zero-order chi connectivity index (χ0) is 14.2. The molecule has 0 aliphatic rings. The molecule has 0 aromatic carbocycles. The number of hydrogen-bond acceptors (Lipinski definition) is 4. The molecule has 0 spiro atoms. The molecule has 0 aromatic rings. The van der Waals surface area contributed by atoms with E-state index >= 15 is 0 Å². The molecule has 0 saturated heterocycles. The quantitative estimate of drug-likeness (QED) is 0.387. The predicted octanol–water partition coefficient (Wildman–Crippen LogP) is -1.35. The summed E-state index contributed by atoms with van der Waals surface area (Å²) in [6.45, 7) is 3.09. The monoisotopic (exact) mass is 261 g/mol. The maximum Gasteiger partial charge on any atom is 0.337 e. The zero-order valence-electron chi connectivity index (χ0n) is 10.4. The number of rotatable bonds is 7. The molecule has 8 nitrogen and oxygen atoms in total. The van der Waals surface area contributed by atoms with Crippen molar-refractivity contribution in [1.82, 2.24) is 16.0 Å². The maximum atomic E-state index is 11.2. The van der Waals surface area contributed by atoms with E-state index in [2.05, 4.69) is 16.0 Å². The van der Waals surface area contributed by atoms with Crippen molar-refractivity contribution in [1.29, 1.82) is 0 Å². The Kier molecular flexibility index (Phi) is 6.73. The Hall–Kier alpha value is -1.83. The lowest BCUT2D eigenvalue weighted by atomic mass is 10.1. The van der Waals surface area contributed by atoms with Gasteiger partial charge in [0.2, 0.25) is 5.91 Å². The van der Waals surface area contributed by atoms with Gasteiger partial charge in [0.1, 0.15) is 0 Å². The number of carboxylic acids is 1. The number of nitrogens with one attached hydrogen (secondary N) is 3. The minimum Gasteiger partial charge on any atom is -0.479 e. The highest BCUT2D eigenvalue weighted by Gasteiger charge is 2.30. The first-order valence-corrected chi connectivity index (χ1v) is 5.53. The van der Waals surface area contributed by atoms with Crippen LogP contribution in [-0.2, 0) is 9.59 Å². The summed E-state index contributed by atoms with van der Waals surface area (Å²) in [6, 6.07) is -0.638. The molecule has 104 valence electrons. The van der Waals surface area contributed by atoms with Crippen LogP contribution in [0.25, 0.3) is 0 Å². The second-order valence-corrected chi connectivity index (χ2v) is 3.89. The highest BCUT2D eigenvalue weighted by Crippen LogP contribution is 2.00. The van der Waals surface area contributed by atoms with Gasteiger partial charge >= 0.3 is 12.0 Å². The van der Waals surface area contributed by atoms with Gasteiger partial charge in [0, 0.05) is 19.5 Å². The Morgan fingerprint density at radius 2 is 1.78 bits per heavy atom. The summed E-state index contributed by atoms with van der Waals surface area (Å²) < 4.78 is 0. The lowest BCUT2D eigenvalue weighted by Crippen LogP contribution is -2.49. The third-order valence-electron chi connectivity index (χ3n) is 2.07. The standard InChI is InChI=1S/C10H19N3O5/c1-3-11-7(14)4-5-12-9(17)13-6-10(2,18)8(15)16/h18H,3-6H2,1-2H3,(H,11,14)(H,15,16)(H2,12,13,17). The van der Waals surface area contributed by atoms with Crippen LogP contribution in [0.3, 0.4) is 0 Å². The molecule has 0 aliphatic heterocycles. The zero-order valence-corrected chi connectivity index (χ0v) is 10.4. The van der Waals surface area contributed by atoms with Crippen LogP contribution in [0.15, 0.2) is 0 Å². The van der Waals surface area contributed by atoms with E-state index in [0.29, 0.717) is 6.54 Å². The largest absolute Gasteiger partial charge is 0.479 e. The molecule has 0 aliphatic carbocycles. The Labute approximate surface area is 105 Å². The summed E-state index contributed by atoms with van der Waals surface area (Å²) in [5.74, 6) is -1.61. The van der Waals surface area contributed by atoms with Crippen molar-refractivity contribution in [2.75, 3.05) is 19.6 Å². The molecule has 18 heavy (non-hydrogen) atoms. The van der Waals surface area contributed by atoms with E-state index in [4.69, 9.17) is 5.11 Å². The molecule has 8 heteroatoms. The maximum absolute atomic E-state index is 11.2. The minimum atomic E-state index is -2.02. The number of urea groups is 1.